The molecule has 0 saturated heterocycles. The summed E-state index contributed by atoms with van der Waals surface area (Å²) in [6.45, 7) is 11.4. The lowest BCUT2D eigenvalue weighted by Crippen LogP contribution is -2.31. The number of hydrogen-bond donors (Lipinski definition) is 3. The van der Waals surface area contributed by atoms with Crippen LogP contribution in [0.2, 0.25) is 0 Å². The van der Waals surface area contributed by atoms with Crippen LogP contribution in [0.1, 0.15) is 64.5 Å². The Bertz CT molecular complexity index is 1910. The Morgan fingerprint density at radius 2 is 1.54 bits per heavy atom. The van der Waals surface area contributed by atoms with Gasteiger partial charge in [0.05, 0.1) is 17.4 Å². The maximum absolute atomic E-state index is 9.13. The van der Waals surface area contributed by atoms with Crippen molar-refractivity contribution in [2.24, 2.45) is 0 Å². The Hall–Kier alpha value is -3.59. The van der Waals surface area contributed by atoms with E-state index in [2.05, 4.69) is 159 Å². The summed E-state index contributed by atoms with van der Waals surface area (Å²) in [6, 6.07) is 28.4. The lowest BCUT2D eigenvalue weighted by Gasteiger charge is -2.30. The van der Waals surface area contributed by atoms with E-state index in [-0.39, 0.29) is 10.8 Å². The molecule has 0 unspecified atom stereocenters. The van der Waals surface area contributed by atoms with Gasteiger partial charge in [0.2, 0.25) is 5.69 Å². The van der Waals surface area contributed by atoms with Gasteiger partial charge in [-0.2, -0.15) is 4.58 Å². The minimum Gasteiger partial charge on any atom is -0.388 e. The number of allylic oxidation sites excluding steroid dienone is 8. The van der Waals surface area contributed by atoms with Gasteiger partial charge in [-0.1, -0.05) is 117 Å². The average Bonchev–Trinajstić information content (AvgIpc) is 3.34. The second-order valence-corrected chi connectivity index (χ2v) is 14.9. The summed E-state index contributed by atoms with van der Waals surface area (Å²) in [6.07, 6.45) is 18.8. The first-order chi connectivity index (χ1) is 24.3. The van der Waals surface area contributed by atoms with E-state index in [9.17, 15) is 0 Å². The molecule has 0 atom stereocenters. The first-order valence-corrected chi connectivity index (χ1v) is 19.2. The zero-order valence-corrected chi connectivity index (χ0v) is 31.4. The molecule has 0 fully saturated rings. The van der Waals surface area contributed by atoms with Gasteiger partial charge < -0.3 is 14.4 Å². The molecule has 1 heterocycles. The molecule has 5 nitrogen and oxygen atoms in total. The molecular weight excluding hydrogens is 657 g/mol. The minimum atomic E-state index is -0.222. The molecular formula is C43H51N2O3S2+. The first-order valence-electron chi connectivity index (χ1n) is 17.6. The Morgan fingerprint density at radius 1 is 0.820 bits per heavy atom. The van der Waals surface area contributed by atoms with E-state index in [4.69, 9.17) is 13.3 Å². The predicted octanol–water partition coefficient (Wildman–Crippen LogP) is 11.4. The summed E-state index contributed by atoms with van der Waals surface area (Å²) >= 11 is 1.36. The molecule has 0 saturated carbocycles. The zero-order valence-electron chi connectivity index (χ0n) is 29.8. The Balaban J connectivity index is 1.36. The summed E-state index contributed by atoms with van der Waals surface area (Å²) < 4.78 is 25.7. The molecule has 1 aliphatic heterocycles. The van der Waals surface area contributed by atoms with Gasteiger partial charge >= 0.3 is 0 Å². The normalized spacial score (nSPS) is 15.0. The largest absolute Gasteiger partial charge is 0.388 e. The highest BCUT2D eigenvalue weighted by atomic mass is 32.2. The summed E-state index contributed by atoms with van der Waals surface area (Å²) in [5.74, 6) is 0.753. The molecule has 0 spiro atoms. The molecule has 50 heavy (non-hydrogen) atoms. The van der Waals surface area contributed by atoms with Gasteiger partial charge in [0.15, 0.2) is 18.0 Å². The van der Waals surface area contributed by atoms with Crippen LogP contribution in [-0.4, -0.2) is 44.8 Å². The van der Waals surface area contributed by atoms with Crippen LogP contribution in [0.4, 0.5) is 5.69 Å². The predicted molar refractivity (Wildman–Crippen MR) is 217 cm³/mol. The third-order valence-electron chi connectivity index (χ3n) is 9.77. The fraction of sp³-hybridized carbons (Fsp3) is 0.326. The molecule has 0 radical (unpaired) electrons. The van der Waals surface area contributed by atoms with Crippen molar-refractivity contribution >= 4 is 57.3 Å². The zero-order chi connectivity index (χ0) is 35.4. The van der Waals surface area contributed by atoms with E-state index in [1.807, 2.05) is 0 Å². The Labute approximate surface area is 307 Å². The molecule has 0 bridgehead atoms. The lowest BCUT2D eigenvalue weighted by molar-refractivity contribution is -0.436. The van der Waals surface area contributed by atoms with E-state index in [0.717, 1.165) is 62.3 Å². The number of unbranched alkanes of at least 4 members (excludes halogenated alkanes) is 2. The van der Waals surface area contributed by atoms with Gasteiger partial charge in [0, 0.05) is 41.5 Å². The van der Waals surface area contributed by atoms with Crippen LogP contribution in [0.3, 0.4) is 0 Å². The van der Waals surface area contributed by atoms with Crippen molar-refractivity contribution in [2.75, 3.05) is 25.4 Å². The molecule has 0 amide bonds. The highest BCUT2D eigenvalue weighted by Gasteiger charge is 2.45. The first kappa shape index (κ1) is 37.7. The highest BCUT2D eigenvalue weighted by Crippen LogP contribution is 2.44. The van der Waals surface area contributed by atoms with E-state index >= 15 is 0 Å². The van der Waals surface area contributed by atoms with Crippen molar-refractivity contribution in [2.45, 2.75) is 64.2 Å². The fourth-order valence-electron chi connectivity index (χ4n) is 6.87. The third-order valence-corrected chi connectivity index (χ3v) is 10.5. The van der Waals surface area contributed by atoms with Crippen LogP contribution >= 0.6 is 24.4 Å². The van der Waals surface area contributed by atoms with Crippen LogP contribution in [0.25, 0.3) is 21.5 Å². The van der Waals surface area contributed by atoms with Crippen LogP contribution in [0, 0.1) is 0 Å². The average molecular weight is 708 g/mol. The molecule has 0 aromatic heterocycles. The summed E-state index contributed by atoms with van der Waals surface area (Å²) in [4.78, 5) is 0. The van der Waals surface area contributed by atoms with Gasteiger partial charge in [-0.25, -0.2) is 0 Å². The molecule has 4 aromatic carbocycles. The van der Waals surface area contributed by atoms with E-state index in [0.29, 0.717) is 18.9 Å². The van der Waals surface area contributed by atoms with Crippen molar-refractivity contribution < 1.29 is 17.9 Å². The molecule has 5 rings (SSSR count). The number of nitrogens with zero attached hydrogens (tertiary/aromatic N) is 1. The monoisotopic (exact) mass is 707 g/mol. The van der Waals surface area contributed by atoms with Crippen molar-refractivity contribution in [3.8, 4) is 0 Å². The maximum Gasteiger partial charge on any atom is 0.217 e. The van der Waals surface area contributed by atoms with E-state index in [1.54, 1.807) is 0 Å². The van der Waals surface area contributed by atoms with E-state index in [1.165, 1.54) is 44.1 Å². The van der Waals surface area contributed by atoms with Crippen molar-refractivity contribution in [3.63, 3.8) is 0 Å². The fourth-order valence-corrected chi connectivity index (χ4v) is 7.40. The lowest BCUT2D eigenvalue weighted by atomic mass is 9.80. The van der Waals surface area contributed by atoms with Gasteiger partial charge in [-0.15, -0.1) is 0 Å². The minimum absolute atomic E-state index is 0.148. The molecule has 0 aliphatic carbocycles. The van der Waals surface area contributed by atoms with Crippen LogP contribution < -0.4 is 5.32 Å². The van der Waals surface area contributed by atoms with Gasteiger partial charge in [0.25, 0.3) is 0 Å². The van der Waals surface area contributed by atoms with Gasteiger partial charge in [-0.05, 0) is 79.0 Å². The highest BCUT2D eigenvalue weighted by molar-refractivity contribution is 7.93. The summed E-state index contributed by atoms with van der Waals surface area (Å²) in [5, 5.41) is 8.73. The van der Waals surface area contributed by atoms with Crippen LogP contribution in [0.5, 0.6) is 0 Å². The molecule has 7 heteroatoms. The van der Waals surface area contributed by atoms with Crippen molar-refractivity contribution in [3.05, 3.63) is 138 Å². The van der Waals surface area contributed by atoms with Crippen LogP contribution in [0.15, 0.2) is 127 Å². The molecule has 4 aromatic rings. The molecule has 262 valence electrons. The second kappa shape index (κ2) is 18.1. The summed E-state index contributed by atoms with van der Waals surface area (Å²) in [5.41, 5.74) is 5.97. The van der Waals surface area contributed by atoms with Gasteiger partial charge in [0.1, 0.15) is 6.54 Å². The summed E-state index contributed by atoms with van der Waals surface area (Å²) in [7, 11) is 0. The Morgan fingerprint density at radius 3 is 2.34 bits per heavy atom. The number of benzene rings is 4. The van der Waals surface area contributed by atoms with E-state index < -0.39 is 0 Å². The van der Waals surface area contributed by atoms with Gasteiger partial charge in [-0.3, -0.25) is 4.18 Å². The number of hydrogen-bond acceptors (Lipinski definition) is 6. The van der Waals surface area contributed by atoms with Crippen molar-refractivity contribution in [1.29, 1.82) is 0 Å². The van der Waals surface area contributed by atoms with Crippen molar-refractivity contribution in [1.82, 2.24) is 5.32 Å². The standard InChI is InChI=1S/C43H50N2O3S2/c1-42(2,36-26-24-33-18-10-11-20-35(33)32-36)39(44-28-14-17-31-49-46)22-8-6-5-7-9-23-40-43(3,4)38-27-25-34-19-12-13-21-37(34)41(38)45(40)29-15-16-30-48-50-47/h5-13,18-27,32,46-47H,14-17,28-31H2,1-4H3/p+1. The molecule has 3 N–H and O–H groups in total. The number of rotatable bonds is 18. The maximum atomic E-state index is 9.13. The quantitative estimate of drug-likeness (QED) is 0.0414. The smallest absolute Gasteiger partial charge is 0.217 e. The van der Waals surface area contributed by atoms with Crippen LogP contribution in [-0.2, 0) is 15.0 Å². The number of fused-ring (bicyclic) bond motifs is 4. The third kappa shape index (κ3) is 9.00. The number of nitrogens with one attached hydrogen (secondary N) is 1. The Kier molecular flexibility index (Phi) is 13.6. The SMILES string of the molecule is CC1(C)C(/C=C/C=C/C=C/C=C(/NCCCCSO)C(C)(C)c2ccc3ccccc3c2)=[N+](CCCCOSO)c2c1ccc1ccccc21. The molecule has 1 aliphatic rings. The topological polar surface area (TPSA) is 64.7 Å². The second-order valence-electron chi connectivity index (χ2n) is 13.8.